The maximum absolute atomic E-state index is 6.34. The second-order valence-corrected chi connectivity index (χ2v) is 6.45. The van der Waals surface area contributed by atoms with E-state index in [4.69, 9.17) is 24.7 Å². The van der Waals surface area contributed by atoms with Gasteiger partial charge in [-0.05, 0) is 13.8 Å². The number of imidazole rings is 1. The lowest BCUT2D eigenvalue weighted by atomic mass is 10.00. The first-order valence-electron chi connectivity index (χ1n) is 7.92. The zero-order chi connectivity index (χ0) is 16.9. The quantitative estimate of drug-likeness (QED) is 0.842. The molecule has 0 amide bonds. The van der Waals surface area contributed by atoms with Gasteiger partial charge in [-0.3, -0.25) is 4.57 Å². The number of fused-ring (bicyclic) bond motifs is 3. The third kappa shape index (κ3) is 2.20. The lowest BCUT2D eigenvalue weighted by molar-refractivity contribution is -0.196. The molecule has 0 spiro atoms. The van der Waals surface area contributed by atoms with Crippen LogP contribution in [-0.2, 0) is 18.9 Å². The summed E-state index contributed by atoms with van der Waals surface area (Å²) in [6.07, 6.45) is 2.26. The van der Waals surface area contributed by atoms with Gasteiger partial charge in [0.25, 0.3) is 0 Å². The van der Waals surface area contributed by atoms with E-state index in [0.29, 0.717) is 30.2 Å². The minimum Gasteiger partial charge on any atom is -0.382 e. The Bertz CT molecular complexity index is 751. The number of hydrogen-bond donors (Lipinski definition) is 1. The van der Waals surface area contributed by atoms with Crippen molar-refractivity contribution < 1.29 is 18.9 Å². The second kappa shape index (κ2) is 5.62. The fraction of sp³-hybridized carbons (Fsp3) is 0.667. The van der Waals surface area contributed by atoms with Gasteiger partial charge in [0, 0.05) is 7.11 Å². The SMILES string of the molecule is COC1C2OC[C@]1(COC(C)C)O[C@H]2n1cnc2c(N)ncnc21. The molecule has 2 aromatic rings. The molecule has 2 aliphatic rings. The fourth-order valence-electron chi connectivity index (χ4n) is 3.43. The summed E-state index contributed by atoms with van der Waals surface area (Å²) in [7, 11) is 1.66. The van der Waals surface area contributed by atoms with Gasteiger partial charge < -0.3 is 24.7 Å². The number of aromatic nitrogens is 4. The van der Waals surface area contributed by atoms with Crippen molar-refractivity contribution in [3.05, 3.63) is 12.7 Å². The van der Waals surface area contributed by atoms with Gasteiger partial charge in [0.1, 0.15) is 29.7 Å². The molecular weight excluding hydrogens is 314 g/mol. The summed E-state index contributed by atoms with van der Waals surface area (Å²) in [5.74, 6) is 0.337. The summed E-state index contributed by atoms with van der Waals surface area (Å²) in [6, 6.07) is 0. The van der Waals surface area contributed by atoms with E-state index in [1.54, 1.807) is 13.4 Å². The molecule has 2 N–H and O–H groups in total. The summed E-state index contributed by atoms with van der Waals surface area (Å²) in [4.78, 5) is 12.5. The Hall–Kier alpha value is -1.81. The molecule has 2 saturated heterocycles. The molecular formula is C15H21N5O4. The number of rotatable bonds is 5. The van der Waals surface area contributed by atoms with Crippen molar-refractivity contribution in [2.75, 3.05) is 26.1 Å². The molecule has 0 saturated carbocycles. The van der Waals surface area contributed by atoms with E-state index in [2.05, 4.69) is 15.0 Å². The Morgan fingerprint density at radius 3 is 3.00 bits per heavy atom. The van der Waals surface area contributed by atoms with Gasteiger partial charge in [0.05, 0.1) is 25.6 Å². The van der Waals surface area contributed by atoms with E-state index in [0.717, 1.165) is 0 Å². The van der Waals surface area contributed by atoms with Crippen LogP contribution in [0.4, 0.5) is 5.82 Å². The molecule has 0 radical (unpaired) electrons. The number of nitrogen functional groups attached to an aromatic ring is 1. The van der Waals surface area contributed by atoms with Crippen LogP contribution in [0.2, 0.25) is 0 Å². The van der Waals surface area contributed by atoms with Crippen molar-refractivity contribution in [3.63, 3.8) is 0 Å². The molecule has 24 heavy (non-hydrogen) atoms. The zero-order valence-electron chi connectivity index (χ0n) is 13.9. The summed E-state index contributed by atoms with van der Waals surface area (Å²) in [5.41, 5.74) is 6.38. The second-order valence-electron chi connectivity index (χ2n) is 6.45. The van der Waals surface area contributed by atoms with Gasteiger partial charge in [0.15, 0.2) is 17.7 Å². The summed E-state index contributed by atoms with van der Waals surface area (Å²) in [6.45, 7) is 4.81. The minimum atomic E-state index is -0.635. The molecule has 9 heteroatoms. The number of hydrogen-bond acceptors (Lipinski definition) is 8. The summed E-state index contributed by atoms with van der Waals surface area (Å²) in [5, 5.41) is 0. The number of methoxy groups -OCH3 is 1. The van der Waals surface area contributed by atoms with Crippen molar-refractivity contribution in [1.29, 1.82) is 0 Å². The van der Waals surface area contributed by atoms with Crippen molar-refractivity contribution in [2.24, 2.45) is 0 Å². The Morgan fingerprint density at radius 2 is 2.25 bits per heavy atom. The maximum atomic E-state index is 6.34. The number of nitrogens with zero attached hydrogens (tertiary/aromatic N) is 4. The molecule has 9 nitrogen and oxygen atoms in total. The van der Waals surface area contributed by atoms with E-state index in [-0.39, 0.29) is 18.3 Å². The Morgan fingerprint density at radius 1 is 1.42 bits per heavy atom. The van der Waals surface area contributed by atoms with Crippen LogP contribution < -0.4 is 5.73 Å². The normalized spacial score (nSPS) is 32.2. The zero-order valence-corrected chi connectivity index (χ0v) is 13.9. The summed E-state index contributed by atoms with van der Waals surface area (Å²) >= 11 is 0. The molecule has 4 atom stereocenters. The lowest BCUT2D eigenvalue weighted by Crippen LogP contribution is -2.46. The summed E-state index contributed by atoms with van der Waals surface area (Å²) < 4.78 is 25.6. The predicted octanol–water partition coefficient (Wildman–Crippen LogP) is 0.515. The van der Waals surface area contributed by atoms with Gasteiger partial charge >= 0.3 is 0 Å². The molecule has 2 unspecified atom stereocenters. The van der Waals surface area contributed by atoms with Crippen LogP contribution in [0.3, 0.4) is 0 Å². The standard InChI is InChI=1S/C15H21N5O4/c1-8(2)22-4-15-5-23-10(11(15)21-3)14(24-15)20-7-19-9-12(16)17-6-18-13(9)20/h6-8,10-11,14H,4-5H2,1-3H3,(H2,16,17,18)/t10?,11?,14-,15+/m1/s1. The van der Waals surface area contributed by atoms with Gasteiger partial charge in [0.2, 0.25) is 0 Å². The first kappa shape index (κ1) is 15.7. The van der Waals surface area contributed by atoms with Crippen LogP contribution >= 0.6 is 0 Å². The lowest BCUT2D eigenvalue weighted by Gasteiger charge is -2.31. The Kier molecular flexibility index (Phi) is 3.68. The molecule has 2 aromatic heterocycles. The molecule has 0 aromatic carbocycles. The average Bonchev–Trinajstić information content (AvgIpc) is 3.22. The van der Waals surface area contributed by atoms with Crippen molar-refractivity contribution >= 4 is 17.0 Å². The fourth-order valence-corrected chi connectivity index (χ4v) is 3.43. The first-order chi connectivity index (χ1) is 11.6. The molecule has 130 valence electrons. The topological polar surface area (TPSA) is 107 Å². The van der Waals surface area contributed by atoms with E-state index >= 15 is 0 Å². The minimum absolute atomic E-state index is 0.0974. The average molecular weight is 335 g/mol. The highest BCUT2D eigenvalue weighted by atomic mass is 16.7. The van der Waals surface area contributed by atoms with E-state index in [1.807, 2.05) is 18.4 Å². The van der Waals surface area contributed by atoms with Crippen LogP contribution in [0.5, 0.6) is 0 Å². The number of ether oxygens (including phenoxy) is 4. The third-order valence-corrected chi connectivity index (χ3v) is 4.55. The van der Waals surface area contributed by atoms with Crippen LogP contribution in [0, 0.1) is 0 Å². The van der Waals surface area contributed by atoms with E-state index in [1.165, 1.54) is 6.33 Å². The highest BCUT2D eigenvalue weighted by Crippen LogP contribution is 2.47. The highest BCUT2D eigenvalue weighted by Gasteiger charge is 2.63. The Balaban J connectivity index is 1.69. The van der Waals surface area contributed by atoms with Crippen molar-refractivity contribution in [2.45, 2.75) is 44.0 Å². The molecule has 2 bridgehead atoms. The molecule has 2 aliphatic heterocycles. The van der Waals surface area contributed by atoms with Crippen LogP contribution in [0.25, 0.3) is 11.2 Å². The smallest absolute Gasteiger partial charge is 0.167 e. The monoisotopic (exact) mass is 335 g/mol. The van der Waals surface area contributed by atoms with Gasteiger partial charge in [-0.15, -0.1) is 0 Å². The van der Waals surface area contributed by atoms with Gasteiger partial charge in [-0.2, -0.15) is 0 Å². The molecule has 0 aliphatic carbocycles. The van der Waals surface area contributed by atoms with Gasteiger partial charge in [-0.25, -0.2) is 15.0 Å². The van der Waals surface area contributed by atoms with Crippen molar-refractivity contribution in [1.82, 2.24) is 19.5 Å². The number of anilines is 1. The first-order valence-corrected chi connectivity index (χ1v) is 7.92. The molecule has 2 fully saturated rings. The van der Waals surface area contributed by atoms with E-state index < -0.39 is 11.8 Å². The van der Waals surface area contributed by atoms with Crippen LogP contribution in [0.1, 0.15) is 20.1 Å². The highest BCUT2D eigenvalue weighted by molar-refractivity contribution is 5.81. The Labute approximate surface area is 139 Å². The van der Waals surface area contributed by atoms with Crippen molar-refractivity contribution in [3.8, 4) is 0 Å². The maximum Gasteiger partial charge on any atom is 0.167 e. The van der Waals surface area contributed by atoms with Gasteiger partial charge in [-0.1, -0.05) is 0 Å². The predicted molar refractivity (Wildman–Crippen MR) is 84.2 cm³/mol. The largest absolute Gasteiger partial charge is 0.382 e. The van der Waals surface area contributed by atoms with Crippen LogP contribution in [0.15, 0.2) is 12.7 Å². The number of nitrogens with two attached hydrogens (primary N) is 1. The molecule has 4 heterocycles. The molecule has 4 rings (SSSR count). The van der Waals surface area contributed by atoms with Crippen LogP contribution in [-0.4, -0.2) is 63.8 Å². The van der Waals surface area contributed by atoms with E-state index in [9.17, 15) is 0 Å². The third-order valence-electron chi connectivity index (χ3n) is 4.55.